The maximum Gasteiger partial charge on any atom is 0.491 e. The molecule has 0 saturated heterocycles. The summed E-state index contributed by atoms with van der Waals surface area (Å²) in [6, 6.07) is 0. The molecule has 0 bridgehead atoms. The molecule has 0 fully saturated rings. The molecule has 0 aromatic heterocycles. The summed E-state index contributed by atoms with van der Waals surface area (Å²) in [6.45, 7) is 0.903. The van der Waals surface area contributed by atoms with E-state index in [9.17, 15) is 18.0 Å². The van der Waals surface area contributed by atoms with Gasteiger partial charge in [-0.05, 0) is 0 Å². The quantitative estimate of drug-likeness (QED) is 0.491. The number of carbonyl (C=O) groups excluding carboxylic acids is 1. The van der Waals surface area contributed by atoms with Crippen LogP contribution in [0, 0.1) is 0 Å². The average Bonchev–Trinajstić information content (AvgIpc) is 1.56. The van der Waals surface area contributed by atoms with Gasteiger partial charge in [0.2, 0.25) is 0 Å². The SMILES string of the molecule is CC(Cl)(Cl)OC(=O)C(F)(F)F. The Labute approximate surface area is 70.2 Å². The predicted octanol–water partition coefficient (Wildman–Crippen LogP) is 2.24. The van der Waals surface area contributed by atoms with Gasteiger partial charge in [0.05, 0.1) is 0 Å². The van der Waals surface area contributed by atoms with Crippen molar-refractivity contribution in [3.63, 3.8) is 0 Å². The van der Waals surface area contributed by atoms with Crippen molar-refractivity contribution < 1.29 is 22.7 Å². The van der Waals surface area contributed by atoms with Crippen LogP contribution in [0.4, 0.5) is 13.2 Å². The molecule has 0 unspecified atom stereocenters. The van der Waals surface area contributed by atoms with Gasteiger partial charge in [0, 0.05) is 6.92 Å². The van der Waals surface area contributed by atoms with Crippen LogP contribution in [0.3, 0.4) is 0 Å². The summed E-state index contributed by atoms with van der Waals surface area (Å²) in [6.07, 6.45) is -5.06. The van der Waals surface area contributed by atoms with Crippen molar-refractivity contribution in [3.8, 4) is 0 Å². The first-order valence-electron chi connectivity index (χ1n) is 2.31. The Kier molecular flexibility index (Phi) is 3.02. The van der Waals surface area contributed by atoms with E-state index in [0.717, 1.165) is 6.92 Å². The lowest BCUT2D eigenvalue weighted by Crippen LogP contribution is -2.30. The largest absolute Gasteiger partial charge is 0.491 e. The molecule has 0 aromatic rings. The van der Waals surface area contributed by atoms with Gasteiger partial charge in [-0.1, -0.05) is 23.2 Å². The van der Waals surface area contributed by atoms with Crippen LogP contribution in [0.25, 0.3) is 0 Å². The molecule has 2 nitrogen and oxygen atoms in total. The van der Waals surface area contributed by atoms with Crippen molar-refractivity contribution in [1.82, 2.24) is 0 Å². The van der Waals surface area contributed by atoms with Gasteiger partial charge in [-0.15, -0.1) is 0 Å². The predicted molar refractivity (Wildman–Crippen MR) is 32.3 cm³/mol. The number of carbonyl (C=O) groups is 1. The highest BCUT2D eigenvalue weighted by atomic mass is 35.5. The minimum atomic E-state index is -5.06. The van der Waals surface area contributed by atoms with Crippen molar-refractivity contribution in [3.05, 3.63) is 0 Å². The minimum absolute atomic E-state index is 0.903. The molecular formula is C4H3Cl2F3O2. The maximum atomic E-state index is 11.4. The molecular weight excluding hydrogens is 208 g/mol. The molecule has 0 N–H and O–H groups in total. The summed E-state index contributed by atoms with van der Waals surface area (Å²) in [5.74, 6) is -2.41. The summed E-state index contributed by atoms with van der Waals surface area (Å²) in [5, 5.41) is 0. The second-order valence-corrected chi connectivity index (χ2v) is 3.33. The van der Waals surface area contributed by atoms with Gasteiger partial charge >= 0.3 is 12.1 Å². The smallest absolute Gasteiger partial charge is 0.422 e. The van der Waals surface area contributed by atoms with Gasteiger partial charge in [0.25, 0.3) is 4.52 Å². The van der Waals surface area contributed by atoms with Crippen molar-refractivity contribution >= 4 is 29.2 Å². The minimum Gasteiger partial charge on any atom is -0.422 e. The van der Waals surface area contributed by atoms with Crippen LogP contribution in [0.15, 0.2) is 0 Å². The molecule has 11 heavy (non-hydrogen) atoms. The Morgan fingerprint density at radius 3 is 1.82 bits per heavy atom. The highest BCUT2D eigenvalue weighted by molar-refractivity contribution is 6.47. The highest BCUT2D eigenvalue weighted by Gasteiger charge is 2.44. The molecule has 0 aliphatic rings. The van der Waals surface area contributed by atoms with Crippen LogP contribution in [0.2, 0.25) is 0 Å². The molecule has 0 heterocycles. The number of rotatable bonds is 1. The van der Waals surface area contributed by atoms with Gasteiger partial charge in [0.15, 0.2) is 0 Å². The molecule has 0 aliphatic carbocycles. The number of ether oxygens (including phenoxy) is 1. The van der Waals surface area contributed by atoms with Crippen LogP contribution in [0.5, 0.6) is 0 Å². The van der Waals surface area contributed by atoms with Crippen molar-refractivity contribution in [1.29, 1.82) is 0 Å². The van der Waals surface area contributed by atoms with Gasteiger partial charge in [0.1, 0.15) is 0 Å². The lowest BCUT2D eigenvalue weighted by molar-refractivity contribution is -0.202. The van der Waals surface area contributed by atoms with Crippen molar-refractivity contribution in [2.45, 2.75) is 17.6 Å². The summed E-state index contributed by atoms with van der Waals surface area (Å²) in [5.41, 5.74) is 0. The van der Waals surface area contributed by atoms with Gasteiger partial charge < -0.3 is 4.74 Å². The van der Waals surface area contributed by atoms with E-state index in [4.69, 9.17) is 23.2 Å². The lowest BCUT2D eigenvalue weighted by atomic mass is 10.6. The van der Waals surface area contributed by atoms with Crippen molar-refractivity contribution in [2.75, 3.05) is 0 Å². The molecule has 0 spiro atoms. The molecule has 7 heteroatoms. The second-order valence-electron chi connectivity index (χ2n) is 1.70. The average molecular weight is 211 g/mol. The Morgan fingerprint density at radius 2 is 1.73 bits per heavy atom. The van der Waals surface area contributed by atoms with Crippen LogP contribution < -0.4 is 0 Å². The first-order valence-corrected chi connectivity index (χ1v) is 3.06. The topological polar surface area (TPSA) is 26.3 Å². The fourth-order valence-corrected chi connectivity index (χ4v) is 0.361. The number of esters is 1. The summed E-state index contributed by atoms with van der Waals surface area (Å²) >= 11 is 9.91. The van der Waals surface area contributed by atoms with Gasteiger partial charge in [-0.2, -0.15) is 13.2 Å². The van der Waals surface area contributed by atoms with Crippen LogP contribution in [-0.4, -0.2) is 16.7 Å². The third kappa shape index (κ3) is 5.15. The Bertz CT molecular complexity index is 160. The summed E-state index contributed by atoms with van der Waals surface area (Å²) in [4.78, 5) is 9.96. The fourth-order valence-electron chi connectivity index (χ4n) is 0.221. The van der Waals surface area contributed by atoms with E-state index in [1.54, 1.807) is 0 Å². The third-order valence-corrected chi connectivity index (χ3v) is 0.658. The van der Waals surface area contributed by atoms with E-state index in [1.165, 1.54) is 0 Å². The van der Waals surface area contributed by atoms with E-state index < -0.39 is 16.7 Å². The van der Waals surface area contributed by atoms with E-state index in [-0.39, 0.29) is 0 Å². The number of halogens is 5. The maximum absolute atomic E-state index is 11.4. The molecule has 0 radical (unpaired) electrons. The molecule has 0 atom stereocenters. The molecule has 0 saturated carbocycles. The van der Waals surface area contributed by atoms with Gasteiger partial charge in [-0.3, -0.25) is 0 Å². The monoisotopic (exact) mass is 210 g/mol. The Balaban J connectivity index is 4.11. The Morgan fingerprint density at radius 1 is 1.36 bits per heavy atom. The zero-order chi connectivity index (χ0) is 9.28. The van der Waals surface area contributed by atoms with Crippen LogP contribution >= 0.6 is 23.2 Å². The fraction of sp³-hybridized carbons (Fsp3) is 0.750. The zero-order valence-corrected chi connectivity index (χ0v) is 6.72. The first kappa shape index (κ1) is 10.8. The van der Waals surface area contributed by atoms with E-state index >= 15 is 0 Å². The van der Waals surface area contributed by atoms with Crippen LogP contribution in [0.1, 0.15) is 6.92 Å². The number of alkyl halides is 5. The zero-order valence-electron chi connectivity index (χ0n) is 5.21. The second kappa shape index (κ2) is 3.06. The summed E-state index contributed by atoms with van der Waals surface area (Å²) in [7, 11) is 0. The molecule has 66 valence electrons. The van der Waals surface area contributed by atoms with E-state index in [0.29, 0.717) is 0 Å². The van der Waals surface area contributed by atoms with E-state index in [2.05, 4.69) is 4.74 Å². The number of hydrogen-bond donors (Lipinski definition) is 0. The highest BCUT2D eigenvalue weighted by Crippen LogP contribution is 2.26. The van der Waals surface area contributed by atoms with Crippen LogP contribution in [-0.2, 0) is 9.53 Å². The first-order chi connectivity index (χ1) is 4.63. The van der Waals surface area contributed by atoms with E-state index in [1.807, 2.05) is 0 Å². The lowest BCUT2D eigenvalue weighted by Gasteiger charge is -2.15. The summed E-state index contributed by atoms with van der Waals surface area (Å²) < 4.78 is 35.6. The molecule has 0 rings (SSSR count). The van der Waals surface area contributed by atoms with Gasteiger partial charge in [-0.25, -0.2) is 4.79 Å². The van der Waals surface area contributed by atoms with Crippen molar-refractivity contribution in [2.24, 2.45) is 0 Å². The normalized spacial score (nSPS) is 12.9. The molecule has 0 amide bonds. The molecule has 0 aromatic carbocycles. The Hall–Kier alpha value is -0.160. The number of hydrogen-bond acceptors (Lipinski definition) is 2. The standard InChI is InChI=1S/C4H3Cl2F3O2/c1-3(5,6)11-2(10)4(7,8)9/h1H3. The molecule has 0 aliphatic heterocycles. The third-order valence-electron chi connectivity index (χ3n) is 0.503.